The van der Waals surface area contributed by atoms with Crippen LogP contribution in [-0.2, 0) is 0 Å². The normalized spacial score (nSPS) is 44.7. The number of hydrogen-bond acceptors (Lipinski definition) is 2. The summed E-state index contributed by atoms with van der Waals surface area (Å²) in [6.45, 7) is 0. The lowest BCUT2D eigenvalue weighted by molar-refractivity contribution is 0.152. The van der Waals surface area contributed by atoms with Crippen LogP contribution in [0.5, 0.6) is 0 Å². The van der Waals surface area contributed by atoms with E-state index in [9.17, 15) is 0 Å². The molecule has 0 amide bonds. The maximum absolute atomic E-state index is 3.40. The monoisotopic (exact) mass is 154 g/mol. The Hall–Kier alpha value is -0.0800. The highest BCUT2D eigenvalue weighted by Crippen LogP contribution is 2.33. The standard InChI is InChI=1S/C9H18N2/c1-10-7-5-8-3-4-9(6-7)11(8)2/h7-10H,3-6H2,1-2H3/t7-,8+,9-. The van der Waals surface area contributed by atoms with Gasteiger partial charge in [-0.25, -0.2) is 0 Å². The van der Waals surface area contributed by atoms with Crippen LogP contribution < -0.4 is 5.32 Å². The summed E-state index contributed by atoms with van der Waals surface area (Å²) in [5.41, 5.74) is 0. The maximum Gasteiger partial charge on any atom is 0.0110 e. The zero-order chi connectivity index (χ0) is 7.84. The van der Waals surface area contributed by atoms with Gasteiger partial charge >= 0.3 is 0 Å². The molecule has 64 valence electrons. The predicted octanol–water partition coefficient (Wildman–Crippen LogP) is 0.831. The van der Waals surface area contributed by atoms with Gasteiger partial charge in [0.1, 0.15) is 0 Å². The minimum atomic E-state index is 0.795. The zero-order valence-corrected chi connectivity index (χ0v) is 7.51. The molecule has 0 radical (unpaired) electrons. The molecule has 11 heavy (non-hydrogen) atoms. The molecule has 2 aliphatic heterocycles. The fraction of sp³-hybridized carbons (Fsp3) is 1.00. The van der Waals surface area contributed by atoms with Gasteiger partial charge in [0, 0.05) is 18.1 Å². The van der Waals surface area contributed by atoms with Gasteiger partial charge in [-0.3, -0.25) is 0 Å². The molecule has 2 aliphatic rings. The summed E-state index contributed by atoms with van der Waals surface area (Å²) in [5.74, 6) is 0. The van der Waals surface area contributed by atoms with Crippen LogP contribution in [0, 0.1) is 0 Å². The van der Waals surface area contributed by atoms with Crippen molar-refractivity contribution in [1.29, 1.82) is 0 Å². The third kappa shape index (κ3) is 1.18. The van der Waals surface area contributed by atoms with E-state index in [0.29, 0.717) is 0 Å². The van der Waals surface area contributed by atoms with E-state index in [-0.39, 0.29) is 0 Å². The number of hydrogen-bond donors (Lipinski definition) is 1. The molecule has 2 rings (SSSR count). The number of piperidine rings is 1. The Morgan fingerprint density at radius 1 is 1.18 bits per heavy atom. The van der Waals surface area contributed by atoms with Crippen LogP contribution in [0.4, 0.5) is 0 Å². The average molecular weight is 154 g/mol. The Kier molecular flexibility index (Phi) is 1.90. The summed E-state index contributed by atoms with van der Waals surface area (Å²) < 4.78 is 0. The SMILES string of the molecule is CN[C@H]1C[C@H]2CC[C@@H](C1)N2C. The molecule has 2 saturated heterocycles. The topological polar surface area (TPSA) is 15.3 Å². The molecule has 2 nitrogen and oxygen atoms in total. The first-order valence-electron chi connectivity index (χ1n) is 4.70. The fourth-order valence-corrected chi connectivity index (χ4v) is 2.65. The van der Waals surface area contributed by atoms with Gasteiger partial charge in [0.2, 0.25) is 0 Å². The third-order valence-electron chi connectivity index (χ3n) is 3.51. The summed E-state index contributed by atoms with van der Waals surface area (Å²) in [6, 6.07) is 2.56. The first-order chi connectivity index (χ1) is 5.31. The van der Waals surface area contributed by atoms with Crippen LogP contribution >= 0.6 is 0 Å². The van der Waals surface area contributed by atoms with Crippen molar-refractivity contribution >= 4 is 0 Å². The smallest absolute Gasteiger partial charge is 0.0110 e. The molecule has 2 heterocycles. The fourth-order valence-electron chi connectivity index (χ4n) is 2.65. The number of fused-ring (bicyclic) bond motifs is 2. The summed E-state index contributed by atoms with van der Waals surface area (Å²) in [5, 5.41) is 3.40. The highest BCUT2D eigenvalue weighted by molar-refractivity contribution is 4.95. The van der Waals surface area contributed by atoms with Gasteiger partial charge in [-0.05, 0) is 39.8 Å². The summed E-state index contributed by atoms with van der Waals surface area (Å²) in [7, 11) is 4.38. The lowest BCUT2D eigenvalue weighted by Crippen LogP contribution is -2.46. The number of nitrogens with one attached hydrogen (secondary N) is 1. The van der Waals surface area contributed by atoms with Crippen molar-refractivity contribution in [2.24, 2.45) is 0 Å². The molecule has 2 fully saturated rings. The molecule has 0 saturated carbocycles. The second-order valence-corrected chi connectivity index (χ2v) is 4.01. The molecule has 0 aromatic rings. The largest absolute Gasteiger partial charge is 0.317 e. The van der Waals surface area contributed by atoms with Gasteiger partial charge in [-0.15, -0.1) is 0 Å². The van der Waals surface area contributed by atoms with Crippen LogP contribution in [0.1, 0.15) is 25.7 Å². The average Bonchev–Trinajstić information content (AvgIpc) is 2.26. The Morgan fingerprint density at radius 2 is 1.73 bits per heavy atom. The van der Waals surface area contributed by atoms with Gasteiger partial charge in [0.05, 0.1) is 0 Å². The third-order valence-corrected chi connectivity index (χ3v) is 3.51. The first-order valence-corrected chi connectivity index (χ1v) is 4.70. The van der Waals surface area contributed by atoms with E-state index in [2.05, 4.69) is 24.3 Å². The Labute approximate surface area is 69.0 Å². The Bertz CT molecular complexity index is 132. The molecule has 0 aliphatic carbocycles. The molecular formula is C9H18N2. The van der Waals surface area contributed by atoms with Crippen molar-refractivity contribution < 1.29 is 0 Å². The van der Waals surface area contributed by atoms with Crippen LogP contribution in [-0.4, -0.2) is 37.1 Å². The van der Waals surface area contributed by atoms with E-state index >= 15 is 0 Å². The Balaban J connectivity index is 2.02. The molecule has 0 aromatic heterocycles. The summed E-state index contributed by atoms with van der Waals surface area (Å²) in [4.78, 5) is 2.58. The van der Waals surface area contributed by atoms with E-state index in [1.165, 1.54) is 25.7 Å². The summed E-state index contributed by atoms with van der Waals surface area (Å²) in [6.07, 6.45) is 5.59. The quantitative estimate of drug-likeness (QED) is 0.602. The minimum absolute atomic E-state index is 0.795. The Morgan fingerprint density at radius 3 is 2.18 bits per heavy atom. The van der Waals surface area contributed by atoms with Gasteiger partial charge in [0.25, 0.3) is 0 Å². The molecule has 0 unspecified atom stereocenters. The van der Waals surface area contributed by atoms with Crippen molar-refractivity contribution in [3.63, 3.8) is 0 Å². The molecule has 2 heteroatoms. The van der Waals surface area contributed by atoms with Gasteiger partial charge in [-0.2, -0.15) is 0 Å². The van der Waals surface area contributed by atoms with Crippen LogP contribution in [0.2, 0.25) is 0 Å². The lowest BCUT2D eigenvalue weighted by atomic mass is 9.98. The highest BCUT2D eigenvalue weighted by atomic mass is 15.2. The second-order valence-electron chi connectivity index (χ2n) is 4.01. The zero-order valence-electron chi connectivity index (χ0n) is 7.51. The highest BCUT2D eigenvalue weighted by Gasteiger charge is 2.37. The van der Waals surface area contributed by atoms with Crippen LogP contribution in [0.15, 0.2) is 0 Å². The van der Waals surface area contributed by atoms with E-state index in [1.807, 2.05) is 0 Å². The predicted molar refractivity (Wildman–Crippen MR) is 46.7 cm³/mol. The number of rotatable bonds is 1. The molecular weight excluding hydrogens is 136 g/mol. The van der Waals surface area contributed by atoms with Crippen molar-refractivity contribution in [2.45, 2.75) is 43.8 Å². The molecule has 1 N–H and O–H groups in total. The van der Waals surface area contributed by atoms with E-state index in [4.69, 9.17) is 0 Å². The van der Waals surface area contributed by atoms with Gasteiger partial charge in [0.15, 0.2) is 0 Å². The number of nitrogens with zero attached hydrogens (tertiary/aromatic N) is 1. The maximum atomic E-state index is 3.40. The van der Waals surface area contributed by atoms with E-state index in [1.54, 1.807) is 0 Å². The lowest BCUT2D eigenvalue weighted by Gasteiger charge is -2.36. The van der Waals surface area contributed by atoms with Crippen LogP contribution in [0.3, 0.4) is 0 Å². The van der Waals surface area contributed by atoms with Crippen molar-refractivity contribution in [3.8, 4) is 0 Å². The van der Waals surface area contributed by atoms with Crippen LogP contribution in [0.25, 0.3) is 0 Å². The summed E-state index contributed by atoms with van der Waals surface area (Å²) >= 11 is 0. The minimum Gasteiger partial charge on any atom is -0.317 e. The van der Waals surface area contributed by atoms with E-state index in [0.717, 1.165) is 18.1 Å². The molecule has 2 bridgehead atoms. The van der Waals surface area contributed by atoms with Crippen molar-refractivity contribution in [2.75, 3.05) is 14.1 Å². The molecule has 0 spiro atoms. The first kappa shape index (κ1) is 7.56. The molecule has 0 aromatic carbocycles. The van der Waals surface area contributed by atoms with Crippen molar-refractivity contribution in [3.05, 3.63) is 0 Å². The second kappa shape index (κ2) is 2.76. The van der Waals surface area contributed by atoms with Gasteiger partial charge in [-0.1, -0.05) is 0 Å². The molecule has 3 atom stereocenters. The van der Waals surface area contributed by atoms with Gasteiger partial charge < -0.3 is 10.2 Å². The van der Waals surface area contributed by atoms with E-state index < -0.39 is 0 Å². The van der Waals surface area contributed by atoms with Crippen molar-refractivity contribution in [1.82, 2.24) is 10.2 Å².